The van der Waals surface area contributed by atoms with Crippen molar-refractivity contribution in [2.24, 2.45) is 0 Å². The molecule has 2 aromatic carbocycles. The predicted molar refractivity (Wildman–Crippen MR) is 105 cm³/mol. The Morgan fingerprint density at radius 1 is 1.00 bits per heavy atom. The van der Waals surface area contributed by atoms with Gasteiger partial charge in [0.15, 0.2) is 5.11 Å². The van der Waals surface area contributed by atoms with Crippen LogP contribution in [-0.4, -0.2) is 30.7 Å². The molecule has 0 saturated heterocycles. The minimum atomic E-state index is -4.40. The van der Waals surface area contributed by atoms with Crippen LogP contribution in [0.5, 0.6) is 0 Å². The molecule has 7 heteroatoms. The Kier molecular flexibility index (Phi) is 6.99. The van der Waals surface area contributed by atoms with E-state index in [-0.39, 0.29) is 5.11 Å². The van der Waals surface area contributed by atoms with Gasteiger partial charge in [-0.05, 0) is 81.6 Å². The smallest absolute Gasteiger partial charge is 0.332 e. The van der Waals surface area contributed by atoms with E-state index in [1.165, 1.54) is 6.07 Å². The zero-order valence-electron chi connectivity index (χ0n) is 14.7. The van der Waals surface area contributed by atoms with Crippen LogP contribution in [0.1, 0.15) is 17.5 Å². The number of thiocarbonyl (C=S) groups is 1. The average Bonchev–Trinajstić information content (AvgIpc) is 2.54. The molecule has 0 aromatic heterocycles. The van der Waals surface area contributed by atoms with Gasteiger partial charge in [-0.2, -0.15) is 13.2 Å². The summed E-state index contributed by atoms with van der Waals surface area (Å²) >= 11 is 5.21. The summed E-state index contributed by atoms with van der Waals surface area (Å²) in [5, 5.41) is 6.06. The van der Waals surface area contributed by atoms with Crippen molar-refractivity contribution in [3.63, 3.8) is 0 Å². The van der Waals surface area contributed by atoms with Crippen molar-refractivity contribution in [3.8, 4) is 0 Å². The summed E-state index contributed by atoms with van der Waals surface area (Å²) in [4.78, 5) is 2.01. The van der Waals surface area contributed by atoms with Crippen molar-refractivity contribution in [1.29, 1.82) is 0 Å². The highest BCUT2D eigenvalue weighted by molar-refractivity contribution is 7.80. The van der Waals surface area contributed by atoms with Crippen LogP contribution in [0.25, 0.3) is 0 Å². The maximum atomic E-state index is 13.2. The second-order valence-electron chi connectivity index (χ2n) is 6.27. The molecule has 0 atom stereocenters. The summed E-state index contributed by atoms with van der Waals surface area (Å²) in [5.74, 6) is 0. The van der Waals surface area contributed by atoms with Crippen LogP contribution in [0.4, 0.5) is 24.5 Å². The van der Waals surface area contributed by atoms with Gasteiger partial charge in [-0.3, -0.25) is 0 Å². The number of aryl methyl sites for hydroxylation is 1. The standard InChI is InChI=1S/C19H22F3N3S/c1-25(2)10-6-7-14-11-15(19(20,21)22)13-17(12-14)24-18(26)23-16-8-4-3-5-9-16/h3-5,8-9,11-13H,6-7,10H2,1-2H3,(H2,23,24,26). The Balaban J connectivity index is 2.13. The van der Waals surface area contributed by atoms with E-state index in [4.69, 9.17) is 12.2 Å². The van der Waals surface area contributed by atoms with Crippen LogP contribution < -0.4 is 10.6 Å². The normalized spacial score (nSPS) is 11.5. The van der Waals surface area contributed by atoms with Crippen LogP contribution in [-0.2, 0) is 12.6 Å². The Morgan fingerprint density at radius 3 is 2.27 bits per heavy atom. The number of hydrogen-bond acceptors (Lipinski definition) is 2. The maximum Gasteiger partial charge on any atom is 0.416 e. The first kappa shape index (κ1) is 20.2. The van der Waals surface area contributed by atoms with E-state index < -0.39 is 11.7 Å². The van der Waals surface area contributed by atoms with Crippen molar-refractivity contribution in [2.75, 3.05) is 31.3 Å². The molecular weight excluding hydrogens is 359 g/mol. The number of halogens is 3. The second-order valence-corrected chi connectivity index (χ2v) is 6.68. The topological polar surface area (TPSA) is 27.3 Å². The number of hydrogen-bond donors (Lipinski definition) is 2. The molecule has 3 nitrogen and oxygen atoms in total. The molecular formula is C19H22F3N3S. The number of rotatable bonds is 6. The van der Waals surface area contributed by atoms with Gasteiger partial charge in [-0.15, -0.1) is 0 Å². The molecule has 0 aliphatic rings. The molecule has 0 bridgehead atoms. The second kappa shape index (κ2) is 9.00. The lowest BCUT2D eigenvalue weighted by Gasteiger charge is -2.15. The quantitative estimate of drug-likeness (QED) is 0.688. The number of benzene rings is 2. The van der Waals surface area contributed by atoms with Crippen molar-refractivity contribution >= 4 is 28.7 Å². The summed E-state index contributed by atoms with van der Waals surface area (Å²) in [6, 6.07) is 13.2. The van der Waals surface area contributed by atoms with Crippen molar-refractivity contribution < 1.29 is 13.2 Å². The molecule has 0 unspecified atom stereocenters. The minimum absolute atomic E-state index is 0.245. The van der Waals surface area contributed by atoms with Gasteiger partial charge in [0.1, 0.15) is 0 Å². The highest BCUT2D eigenvalue weighted by atomic mass is 32.1. The van der Waals surface area contributed by atoms with Crippen LogP contribution in [0.15, 0.2) is 48.5 Å². The summed E-state index contributed by atoms with van der Waals surface area (Å²) < 4.78 is 39.6. The van der Waals surface area contributed by atoms with Crippen LogP contribution in [0.3, 0.4) is 0 Å². The molecule has 0 spiro atoms. The van der Waals surface area contributed by atoms with E-state index in [2.05, 4.69) is 10.6 Å². The first-order valence-electron chi connectivity index (χ1n) is 8.23. The number of alkyl halides is 3. The first-order valence-corrected chi connectivity index (χ1v) is 8.64. The SMILES string of the molecule is CN(C)CCCc1cc(NC(=S)Nc2ccccc2)cc(C(F)(F)F)c1. The first-order chi connectivity index (χ1) is 12.2. The van der Waals surface area contributed by atoms with Gasteiger partial charge in [-0.1, -0.05) is 18.2 Å². The lowest BCUT2D eigenvalue weighted by atomic mass is 10.0. The fraction of sp³-hybridized carbons (Fsp3) is 0.316. The summed E-state index contributed by atoms with van der Waals surface area (Å²) in [5.41, 5.74) is 1.05. The molecule has 0 fully saturated rings. The molecule has 26 heavy (non-hydrogen) atoms. The van der Waals surface area contributed by atoms with E-state index in [1.54, 1.807) is 6.07 Å². The Bertz CT molecular complexity index is 731. The maximum absolute atomic E-state index is 13.2. The van der Waals surface area contributed by atoms with Crippen LogP contribution in [0, 0.1) is 0 Å². The van der Waals surface area contributed by atoms with Crippen LogP contribution >= 0.6 is 12.2 Å². The van der Waals surface area contributed by atoms with Crippen molar-refractivity contribution in [3.05, 3.63) is 59.7 Å². The lowest BCUT2D eigenvalue weighted by molar-refractivity contribution is -0.137. The molecule has 0 radical (unpaired) electrons. The van der Waals surface area contributed by atoms with Gasteiger partial charge in [0, 0.05) is 11.4 Å². The molecule has 0 amide bonds. The minimum Gasteiger partial charge on any atom is -0.332 e. The van der Waals surface area contributed by atoms with Gasteiger partial charge in [0.2, 0.25) is 0 Å². The third kappa shape index (κ3) is 6.65. The van der Waals surface area contributed by atoms with E-state index in [9.17, 15) is 13.2 Å². The van der Waals surface area contributed by atoms with E-state index in [1.807, 2.05) is 49.3 Å². The van der Waals surface area contributed by atoms with Gasteiger partial charge < -0.3 is 15.5 Å². The van der Waals surface area contributed by atoms with Gasteiger partial charge in [-0.25, -0.2) is 0 Å². The average molecular weight is 381 g/mol. The molecule has 0 saturated carbocycles. The largest absolute Gasteiger partial charge is 0.416 e. The van der Waals surface area contributed by atoms with E-state index in [0.717, 1.165) is 24.7 Å². The summed E-state index contributed by atoms with van der Waals surface area (Å²) in [6.07, 6.45) is -3.06. The fourth-order valence-electron chi connectivity index (χ4n) is 2.49. The van der Waals surface area contributed by atoms with Gasteiger partial charge in [0.05, 0.1) is 5.56 Å². The fourth-order valence-corrected chi connectivity index (χ4v) is 2.72. The third-order valence-corrected chi connectivity index (χ3v) is 3.88. The van der Waals surface area contributed by atoms with Crippen molar-refractivity contribution in [2.45, 2.75) is 19.0 Å². The molecule has 2 N–H and O–H groups in total. The summed E-state index contributed by atoms with van der Waals surface area (Å²) in [6.45, 7) is 0.812. The van der Waals surface area contributed by atoms with Gasteiger partial charge in [0.25, 0.3) is 0 Å². The molecule has 140 valence electrons. The Hall–Kier alpha value is -2.12. The van der Waals surface area contributed by atoms with Crippen molar-refractivity contribution in [1.82, 2.24) is 4.90 Å². The third-order valence-electron chi connectivity index (χ3n) is 3.68. The van der Waals surface area contributed by atoms with E-state index >= 15 is 0 Å². The molecule has 2 rings (SSSR count). The Morgan fingerprint density at radius 2 is 1.65 bits per heavy atom. The molecule has 0 heterocycles. The lowest BCUT2D eigenvalue weighted by Crippen LogP contribution is -2.20. The highest BCUT2D eigenvalue weighted by Gasteiger charge is 2.31. The monoisotopic (exact) mass is 381 g/mol. The van der Waals surface area contributed by atoms with Gasteiger partial charge >= 0.3 is 6.18 Å². The number of para-hydroxylation sites is 1. The Labute approximate surface area is 157 Å². The highest BCUT2D eigenvalue weighted by Crippen LogP contribution is 2.32. The molecule has 2 aromatic rings. The number of nitrogens with zero attached hydrogens (tertiary/aromatic N) is 1. The van der Waals surface area contributed by atoms with Crippen LogP contribution in [0.2, 0.25) is 0 Å². The van der Waals surface area contributed by atoms with E-state index in [0.29, 0.717) is 17.7 Å². The summed E-state index contributed by atoms with van der Waals surface area (Å²) in [7, 11) is 3.87. The predicted octanol–water partition coefficient (Wildman–Crippen LogP) is 5.01. The number of nitrogens with one attached hydrogen (secondary N) is 2. The zero-order valence-corrected chi connectivity index (χ0v) is 15.5. The zero-order chi connectivity index (χ0) is 19.2. The molecule has 0 aliphatic heterocycles. The number of anilines is 2. The molecule has 0 aliphatic carbocycles.